The van der Waals surface area contributed by atoms with Crippen molar-refractivity contribution >= 4 is 15.9 Å². The summed E-state index contributed by atoms with van der Waals surface area (Å²) in [5.41, 5.74) is 1.94. The molecule has 1 atom stereocenters. The zero-order chi connectivity index (χ0) is 34.5. The third-order valence-corrected chi connectivity index (χ3v) is 10.7. The van der Waals surface area contributed by atoms with Gasteiger partial charge in [0.15, 0.2) is 0 Å². The first-order valence-corrected chi connectivity index (χ1v) is 18.3. The van der Waals surface area contributed by atoms with E-state index in [9.17, 15) is 18.0 Å². The molecule has 4 aromatic rings. The molecule has 1 unspecified atom stereocenters. The van der Waals surface area contributed by atoms with Gasteiger partial charge in [-0.25, -0.2) is 13.2 Å². The average Bonchev–Trinajstić information content (AvgIpc) is 3.68. The topological polar surface area (TPSA) is 133 Å². The minimum atomic E-state index is -3.85. The molecule has 2 fully saturated rings. The molecule has 2 aromatic heterocycles. The summed E-state index contributed by atoms with van der Waals surface area (Å²) in [6.07, 6.45) is 4.05. The quantitative estimate of drug-likeness (QED) is 0.225. The van der Waals surface area contributed by atoms with Crippen molar-refractivity contribution in [3.8, 4) is 17.0 Å². The van der Waals surface area contributed by atoms with Gasteiger partial charge in [-0.3, -0.25) is 18.6 Å². The summed E-state index contributed by atoms with van der Waals surface area (Å²) in [4.78, 5) is 31.2. The van der Waals surface area contributed by atoms with E-state index in [-0.39, 0.29) is 35.7 Å². The molecule has 6 rings (SSSR count). The van der Waals surface area contributed by atoms with Crippen LogP contribution in [0.25, 0.3) is 11.3 Å². The molecule has 49 heavy (non-hydrogen) atoms. The molecule has 2 saturated heterocycles. The van der Waals surface area contributed by atoms with Gasteiger partial charge >= 0.3 is 5.69 Å². The molecule has 0 saturated carbocycles. The second-order valence-electron chi connectivity index (χ2n) is 12.8. The third kappa shape index (κ3) is 7.67. The van der Waals surface area contributed by atoms with Crippen LogP contribution in [0.5, 0.6) is 5.75 Å². The predicted octanol–water partition coefficient (Wildman–Crippen LogP) is 2.97. The summed E-state index contributed by atoms with van der Waals surface area (Å²) in [6.45, 7) is 7.63. The number of nitrogens with one attached hydrogen (secondary N) is 1. The number of benzene rings is 2. The van der Waals surface area contributed by atoms with Gasteiger partial charge in [0.25, 0.3) is 5.91 Å². The number of aromatic nitrogens is 4. The zero-order valence-corrected chi connectivity index (χ0v) is 29.1. The van der Waals surface area contributed by atoms with Crippen molar-refractivity contribution in [3.63, 3.8) is 0 Å². The molecule has 14 heteroatoms. The van der Waals surface area contributed by atoms with Crippen molar-refractivity contribution in [2.24, 2.45) is 7.05 Å². The Balaban J connectivity index is 1.44. The number of hydrogen-bond acceptors (Lipinski definition) is 8. The Kier molecular flexibility index (Phi) is 10.7. The Labute approximate surface area is 287 Å². The van der Waals surface area contributed by atoms with Gasteiger partial charge in [0.1, 0.15) is 22.9 Å². The number of piperidine rings is 1. The van der Waals surface area contributed by atoms with E-state index >= 15 is 0 Å². The fourth-order valence-corrected chi connectivity index (χ4v) is 8.05. The predicted molar refractivity (Wildman–Crippen MR) is 185 cm³/mol. The second-order valence-corrected chi connectivity index (χ2v) is 14.7. The van der Waals surface area contributed by atoms with Gasteiger partial charge in [0.05, 0.1) is 37.2 Å². The molecule has 0 bridgehead atoms. The normalized spacial score (nSPS) is 17.5. The molecule has 0 spiro atoms. The molecular formula is C35H45N7O6S. The first kappa shape index (κ1) is 34.6. The van der Waals surface area contributed by atoms with Gasteiger partial charge in [0, 0.05) is 58.1 Å². The molecule has 1 N–H and O–H groups in total. The second kappa shape index (κ2) is 15.1. The van der Waals surface area contributed by atoms with E-state index in [1.54, 1.807) is 21.1 Å². The van der Waals surface area contributed by atoms with Gasteiger partial charge in [-0.1, -0.05) is 42.5 Å². The number of piperazine rings is 1. The van der Waals surface area contributed by atoms with Crippen molar-refractivity contribution in [3.05, 3.63) is 88.7 Å². The SMILES string of the molecule is CC(C)OCCOc1cccc(Cn2c(C(=O)N3CCNCC3)c(-c3ccccc3)n(C3CCCN(S(=O)(=O)c4cnn(C)c4)C3)c2=O)c1. The van der Waals surface area contributed by atoms with E-state index < -0.39 is 16.1 Å². The van der Waals surface area contributed by atoms with E-state index in [1.165, 1.54) is 21.4 Å². The van der Waals surface area contributed by atoms with Gasteiger partial charge in [-0.05, 0) is 44.4 Å². The summed E-state index contributed by atoms with van der Waals surface area (Å²) in [6, 6.07) is 16.4. The van der Waals surface area contributed by atoms with Gasteiger partial charge in [0.2, 0.25) is 10.0 Å². The van der Waals surface area contributed by atoms with Crippen molar-refractivity contribution < 1.29 is 22.7 Å². The lowest BCUT2D eigenvalue weighted by atomic mass is 10.0. The highest BCUT2D eigenvalue weighted by Crippen LogP contribution is 2.33. The van der Waals surface area contributed by atoms with E-state index in [1.807, 2.05) is 68.4 Å². The Hall–Kier alpha value is -4.24. The van der Waals surface area contributed by atoms with Crippen LogP contribution in [0.4, 0.5) is 0 Å². The summed E-state index contributed by atoms with van der Waals surface area (Å²) < 4.78 is 45.1. The smallest absolute Gasteiger partial charge is 0.329 e. The largest absolute Gasteiger partial charge is 0.491 e. The number of rotatable bonds is 12. The molecular weight excluding hydrogens is 646 g/mol. The van der Waals surface area contributed by atoms with E-state index in [4.69, 9.17) is 9.47 Å². The maximum absolute atomic E-state index is 14.8. The maximum Gasteiger partial charge on any atom is 0.329 e. The van der Waals surface area contributed by atoms with Gasteiger partial charge in [-0.15, -0.1) is 0 Å². The highest BCUT2D eigenvalue weighted by atomic mass is 32.2. The first-order valence-electron chi connectivity index (χ1n) is 16.9. The minimum Gasteiger partial charge on any atom is -0.491 e. The number of carbonyl (C=O) groups is 1. The Morgan fingerprint density at radius 3 is 2.53 bits per heavy atom. The highest BCUT2D eigenvalue weighted by molar-refractivity contribution is 7.89. The monoisotopic (exact) mass is 691 g/mol. The van der Waals surface area contributed by atoms with Crippen molar-refractivity contribution in [2.75, 3.05) is 52.5 Å². The van der Waals surface area contributed by atoms with Gasteiger partial charge in [-0.2, -0.15) is 9.40 Å². The lowest BCUT2D eigenvalue weighted by Gasteiger charge is -2.33. The van der Waals surface area contributed by atoms with Crippen LogP contribution in [0.1, 0.15) is 48.8 Å². The molecule has 1 amide bonds. The van der Waals surface area contributed by atoms with Crippen LogP contribution >= 0.6 is 0 Å². The number of amides is 1. The summed E-state index contributed by atoms with van der Waals surface area (Å²) >= 11 is 0. The molecule has 13 nitrogen and oxygen atoms in total. The summed E-state index contributed by atoms with van der Waals surface area (Å²) in [5, 5.41) is 7.36. The van der Waals surface area contributed by atoms with Gasteiger partial charge < -0.3 is 19.7 Å². The number of imidazole rings is 1. The van der Waals surface area contributed by atoms with E-state index in [0.29, 0.717) is 81.5 Å². The van der Waals surface area contributed by atoms with Crippen LogP contribution < -0.4 is 15.7 Å². The Morgan fingerprint density at radius 2 is 1.82 bits per heavy atom. The number of carbonyl (C=O) groups excluding carboxylic acids is 1. The number of aryl methyl sites for hydroxylation is 1. The standard InChI is InChI=1S/C35H45N7O6S/c1-26(2)47-19-20-48-30-13-7-9-27(21-30)23-41-33(34(43)39-17-14-36-15-18-39)32(28-10-5-4-6-11-28)42(35(41)44)29-12-8-16-40(24-29)49(45,46)31-22-37-38(3)25-31/h4-7,9-11,13,21-22,25-26,29,36H,8,12,14-20,23-24H2,1-3H3. The number of nitrogens with zero attached hydrogens (tertiary/aromatic N) is 6. The minimum absolute atomic E-state index is 0.0873. The summed E-state index contributed by atoms with van der Waals surface area (Å²) in [7, 11) is -2.18. The van der Waals surface area contributed by atoms with Crippen LogP contribution in [0.2, 0.25) is 0 Å². The van der Waals surface area contributed by atoms with E-state index in [2.05, 4.69) is 10.4 Å². The molecule has 262 valence electrons. The lowest BCUT2D eigenvalue weighted by molar-refractivity contribution is 0.0552. The Bertz CT molecular complexity index is 1910. The molecule has 0 aliphatic carbocycles. The molecule has 2 aliphatic rings. The lowest BCUT2D eigenvalue weighted by Crippen LogP contribution is -2.47. The van der Waals surface area contributed by atoms with Crippen molar-refractivity contribution in [2.45, 2.75) is 50.3 Å². The summed E-state index contributed by atoms with van der Waals surface area (Å²) in [5.74, 6) is 0.407. The van der Waals surface area contributed by atoms with Crippen LogP contribution in [-0.2, 0) is 28.4 Å². The fourth-order valence-electron chi connectivity index (χ4n) is 6.55. The average molecular weight is 692 g/mol. The number of ether oxygens (including phenoxy) is 2. The molecule has 4 heterocycles. The first-order chi connectivity index (χ1) is 23.6. The third-order valence-electron chi connectivity index (χ3n) is 8.91. The number of hydrogen-bond donors (Lipinski definition) is 1. The molecule has 0 radical (unpaired) electrons. The van der Waals surface area contributed by atoms with Crippen LogP contribution in [-0.4, -0.2) is 101 Å². The maximum atomic E-state index is 14.8. The Morgan fingerprint density at radius 1 is 1.04 bits per heavy atom. The number of sulfonamides is 1. The fraction of sp³-hybridized carbons (Fsp3) is 0.457. The van der Waals surface area contributed by atoms with E-state index in [0.717, 1.165) is 5.56 Å². The molecule has 2 aromatic carbocycles. The molecule has 2 aliphatic heterocycles. The van der Waals surface area contributed by atoms with Crippen LogP contribution in [0, 0.1) is 0 Å². The zero-order valence-electron chi connectivity index (χ0n) is 28.3. The van der Waals surface area contributed by atoms with Crippen LogP contribution in [0.3, 0.4) is 0 Å². The van der Waals surface area contributed by atoms with Crippen molar-refractivity contribution in [1.29, 1.82) is 0 Å². The van der Waals surface area contributed by atoms with Crippen LogP contribution in [0.15, 0.2) is 76.7 Å². The van der Waals surface area contributed by atoms with Crippen molar-refractivity contribution in [1.82, 2.24) is 33.4 Å². The highest BCUT2D eigenvalue weighted by Gasteiger charge is 2.37.